The van der Waals surface area contributed by atoms with Crippen molar-refractivity contribution in [1.82, 2.24) is 15.2 Å². The topological polar surface area (TPSA) is 101 Å². The SMILES string of the molecule is CCC(NC(=O)c1[nH]c(C)c(C(=O)OC(C)C)c1C)c1ccccc1OCC(=O)N(C)C. The van der Waals surface area contributed by atoms with Crippen LogP contribution >= 0.6 is 0 Å². The van der Waals surface area contributed by atoms with Crippen molar-refractivity contribution in [3.8, 4) is 5.75 Å². The molecule has 0 saturated carbocycles. The van der Waals surface area contributed by atoms with Gasteiger partial charge in [-0.05, 0) is 45.7 Å². The van der Waals surface area contributed by atoms with Crippen molar-refractivity contribution in [2.45, 2.75) is 53.2 Å². The molecule has 0 radical (unpaired) electrons. The van der Waals surface area contributed by atoms with E-state index in [0.717, 1.165) is 5.56 Å². The minimum atomic E-state index is -0.457. The summed E-state index contributed by atoms with van der Waals surface area (Å²) in [7, 11) is 3.33. The molecule has 1 unspecified atom stereocenters. The lowest BCUT2D eigenvalue weighted by molar-refractivity contribution is -0.130. The molecule has 0 spiro atoms. The van der Waals surface area contributed by atoms with E-state index in [0.29, 0.717) is 34.7 Å². The highest BCUT2D eigenvalue weighted by Gasteiger charge is 2.26. The molecule has 8 heteroatoms. The van der Waals surface area contributed by atoms with Crippen molar-refractivity contribution in [2.24, 2.45) is 0 Å². The standard InChI is InChI=1S/C24H33N3O5/c1-8-18(17-11-9-10-12-19(17)31-13-20(28)27(6)7)26-23(29)22-15(4)21(16(5)25-22)24(30)32-14(2)3/h9-12,14,18,25H,8,13H2,1-7H3,(H,26,29). The number of carbonyl (C=O) groups excluding carboxylic acids is 3. The zero-order valence-corrected chi connectivity index (χ0v) is 19.9. The molecule has 0 aliphatic rings. The number of aromatic amines is 1. The Hall–Kier alpha value is -3.29. The zero-order chi connectivity index (χ0) is 24.0. The number of aromatic nitrogens is 1. The highest BCUT2D eigenvalue weighted by molar-refractivity contribution is 6.00. The van der Waals surface area contributed by atoms with Gasteiger partial charge in [-0.1, -0.05) is 25.1 Å². The molecule has 1 aromatic carbocycles. The summed E-state index contributed by atoms with van der Waals surface area (Å²) in [6, 6.07) is 6.97. The number of nitrogens with zero attached hydrogens (tertiary/aromatic N) is 1. The van der Waals surface area contributed by atoms with E-state index in [4.69, 9.17) is 9.47 Å². The van der Waals surface area contributed by atoms with E-state index in [1.165, 1.54) is 4.90 Å². The highest BCUT2D eigenvalue weighted by atomic mass is 16.5. The molecule has 2 aromatic rings. The maximum atomic E-state index is 13.1. The lowest BCUT2D eigenvalue weighted by atomic mass is 10.0. The Morgan fingerprint density at radius 3 is 2.38 bits per heavy atom. The molecule has 0 aliphatic heterocycles. The molecule has 32 heavy (non-hydrogen) atoms. The van der Waals surface area contributed by atoms with Crippen molar-refractivity contribution in [2.75, 3.05) is 20.7 Å². The van der Waals surface area contributed by atoms with Crippen LogP contribution < -0.4 is 10.1 Å². The second-order valence-electron chi connectivity index (χ2n) is 8.13. The maximum absolute atomic E-state index is 13.1. The number of benzene rings is 1. The lowest BCUT2D eigenvalue weighted by Crippen LogP contribution is -2.30. The Morgan fingerprint density at radius 1 is 1.12 bits per heavy atom. The summed E-state index contributed by atoms with van der Waals surface area (Å²) in [5, 5.41) is 3.01. The Labute approximate surface area is 189 Å². The minimum absolute atomic E-state index is 0.0926. The third-order valence-electron chi connectivity index (χ3n) is 5.07. The molecular weight excluding hydrogens is 410 g/mol. The van der Waals surface area contributed by atoms with E-state index >= 15 is 0 Å². The van der Waals surface area contributed by atoms with Gasteiger partial charge in [0.05, 0.1) is 17.7 Å². The number of rotatable bonds is 9. The number of carbonyl (C=O) groups is 3. The van der Waals surface area contributed by atoms with Crippen LogP contribution in [0.3, 0.4) is 0 Å². The second-order valence-corrected chi connectivity index (χ2v) is 8.13. The van der Waals surface area contributed by atoms with Gasteiger partial charge in [-0.3, -0.25) is 9.59 Å². The van der Waals surface area contributed by atoms with Crippen molar-refractivity contribution >= 4 is 17.8 Å². The number of nitrogens with one attached hydrogen (secondary N) is 2. The van der Waals surface area contributed by atoms with Gasteiger partial charge in [0.25, 0.3) is 11.8 Å². The molecule has 0 aliphatic carbocycles. The van der Waals surface area contributed by atoms with E-state index in [1.807, 2.05) is 25.1 Å². The average molecular weight is 444 g/mol. The number of aryl methyl sites for hydroxylation is 1. The van der Waals surface area contributed by atoms with Gasteiger partial charge in [0, 0.05) is 25.4 Å². The first kappa shape index (κ1) is 25.0. The lowest BCUT2D eigenvalue weighted by Gasteiger charge is -2.21. The van der Waals surface area contributed by atoms with E-state index in [1.54, 1.807) is 47.9 Å². The Morgan fingerprint density at radius 2 is 1.78 bits per heavy atom. The van der Waals surface area contributed by atoms with Crippen molar-refractivity contribution in [1.29, 1.82) is 0 Å². The average Bonchev–Trinajstić information content (AvgIpc) is 3.03. The van der Waals surface area contributed by atoms with E-state index in [-0.39, 0.29) is 30.6 Å². The molecule has 2 rings (SSSR count). The Bertz CT molecular complexity index is 978. The van der Waals surface area contributed by atoms with Gasteiger partial charge in [0.15, 0.2) is 6.61 Å². The number of hydrogen-bond acceptors (Lipinski definition) is 5. The van der Waals surface area contributed by atoms with Crippen LogP contribution in [0.2, 0.25) is 0 Å². The van der Waals surface area contributed by atoms with Gasteiger partial charge in [-0.15, -0.1) is 0 Å². The van der Waals surface area contributed by atoms with Gasteiger partial charge in [-0.2, -0.15) is 0 Å². The van der Waals surface area contributed by atoms with E-state index < -0.39 is 5.97 Å². The molecule has 0 fully saturated rings. The van der Waals surface area contributed by atoms with Crippen LogP contribution in [-0.4, -0.2) is 54.5 Å². The van der Waals surface area contributed by atoms with Gasteiger partial charge in [-0.25, -0.2) is 4.79 Å². The van der Waals surface area contributed by atoms with Crippen LogP contribution in [0.1, 0.15) is 70.9 Å². The molecule has 0 bridgehead atoms. The zero-order valence-electron chi connectivity index (χ0n) is 19.9. The first-order valence-electron chi connectivity index (χ1n) is 10.7. The fraction of sp³-hybridized carbons (Fsp3) is 0.458. The summed E-state index contributed by atoms with van der Waals surface area (Å²) >= 11 is 0. The van der Waals surface area contributed by atoms with Crippen LogP contribution in [0.4, 0.5) is 0 Å². The number of likely N-dealkylation sites (N-methyl/N-ethyl adjacent to an activating group) is 1. The number of para-hydroxylation sites is 1. The molecule has 2 amide bonds. The third kappa shape index (κ3) is 5.90. The molecule has 2 N–H and O–H groups in total. The number of ether oxygens (including phenoxy) is 2. The number of esters is 1. The summed E-state index contributed by atoms with van der Waals surface area (Å²) in [5.74, 6) is -0.410. The summed E-state index contributed by atoms with van der Waals surface area (Å²) in [6.45, 7) is 8.87. The summed E-state index contributed by atoms with van der Waals surface area (Å²) in [5.41, 5.74) is 2.59. The van der Waals surface area contributed by atoms with Crippen LogP contribution in [0.25, 0.3) is 0 Å². The molecule has 8 nitrogen and oxygen atoms in total. The fourth-order valence-corrected chi connectivity index (χ4v) is 3.35. The smallest absolute Gasteiger partial charge is 0.340 e. The first-order chi connectivity index (χ1) is 15.1. The normalized spacial score (nSPS) is 11.8. The minimum Gasteiger partial charge on any atom is -0.483 e. The molecule has 1 aromatic heterocycles. The van der Waals surface area contributed by atoms with E-state index in [2.05, 4.69) is 10.3 Å². The van der Waals surface area contributed by atoms with Crippen molar-refractivity contribution in [3.05, 3.63) is 52.3 Å². The number of H-pyrrole nitrogens is 1. The van der Waals surface area contributed by atoms with Crippen LogP contribution in [0.5, 0.6) is 5.75 Å². The Kier molecular flexibility index (Phi) is 8.46. The molecule has 0 saturated heterocycles. The predicted octanol–water partition coefficient (Wildman–Crippen LogP) is 3.54. The van der Waals surface area contributed by atoms with Crippen molar-refractivity contribution in [3.63, 3.8) is 0 Å². The summed E-state index contributed by atoms with van der Waals surface area (Å²) in [4.78, 5) is 41.9. The number of amides is 2. The monoisotopic (exact) mass is 443 g/mol. The largest absolute Gasteiger partial charge is 0.483 e. The van der Waals surface area contributed by atoms with E-state index in [9.17, 15) is 14.4 Å². The fourth-order valence-electron chi connectivity index (χ4n) is 3.35. The predicted molar refractivity (Wildman–Crippen MR) is 122 cm³/mol. The molecular formula is C24H33N3O5. The van der Waals surface area contributed by atoms with Crippen LogP contribution in [0.15, 0.2) is 24.3 Å². The number of hydrogen-bond donors (Lipinski definition) is 2. The van der Waals surface area contributed by atoms with Gasteiger partial charge >= 0.3 is 5.97 Å². The maximum Gasteiger partial charge on any atom is 0.340 e. The van der Waals surface area contributed by atoms with Crippen LogP contribution in [-0.2, 0) is 9.53 Å². The first-order valence-corrected chi connectivity index (χ1v) is 10.7. The third-order valence-corrected chi connectivity index (χ3v) is 5.07. The molecule has 1 heterocycles. The quantitative estimate of drug-likeness (QED) is 0.577. The molecule has 174 valence electrons. The Balaban J connectivity index is 2.25. The van der Waals surface area contributed by atoms with Gasteiger partial charge in [0.1, 0.15) is 11.4 Å². The van der Waals surface area contributed by atoms with Gasteiger partial charge in [0.2, 0.25) is 0 Å². The summed E-state index contributed by atoms with van der Waals surface area (Å²) in [6.07, 6.45) is 0.350. The summed E-state index contributed by atoms with van der Waals surface area (Å²) < 4.78 is 11.0. The van der Waals surface area contributed by atoms with Crippen molar-refractivity contribution < 1.29 is 23.9 Å². The highest BCUT2D eigenvalue weighted by Crippen LogP contribution is 2.28. The molecule has 1 atom stereocenters. The second kappa shape index (κ2) is 10.8. The van der Waals surface area contributed by atoms with Crippen LogP contribution in [0, 0.1) is 13.8 Å². The van der Waals surface area contributed by atoms with Gasteiger partial charge < -0.3 is 24.7 Å².